The molecule has 8 atom stereocenters. The first kappa shape index (κ1) is 26.1. The summed E-state index contributed by atoms with van der Waals surface area (Å²) in [6, 6.07) is 5.54. The highest BCUT2D eigenvalue weighted by Gasteiger charge is 2.50. The number of methoxy groups -OCH3 is 1. The number of benzene rings is 1. The largest absolute Gasteiger partial charge is 0.508 e. The maximum Gasteiger partial charge on any atom is 0.338 e. The second kappa shape index (κ2) is 10.9. The van der Waals surface area contributed by atoms with Gasteiger partial charge in [0.2, 0.25) is 6.29 Å². The van der Waals surface area contributed by atoms with Crippen molar-refractivity contribution >= 4 is 11.9 Å². The highest BCUT2D eigenvalue weighted by atomic mass is 16.8. The Labute approximate surface area is 205 Å². The van der Waals surface area contributed by atoms with Gasteiger partial charge in [-0.25, -0.2) is 9.59 Å². The number of aliphatic hydroxyl groups excluding tert-OH is 4. The number of aromatic hydroxyl groups is 1. The molecule has 1 fully saturated rings. The Kier molecular flexibility index (Phi) is 7.93. The third-order valence-corrected chi connectivity index (χ3v) is 6.53. The van der Waals surface area contributed by atoms with Crippen molar-refractivity contribution in [1.29, 1.82) is 0 Å². The first-order valence-electron chi connectivity index (χ1n) is 11.3. The maximum atomic E-state index is 12.5. The molecule has 4 rings (SSSR count). The number of aliphatic hydroxyl groups is 4. The Morgan fingerprint density at radius 1 is 1.03 bits per heavy atom. The highest BCUT2D eigenvalue weighted by Crippen LogP contribution is 2.44. The normalized spacial score (nSPS) is 33.6. The predicted octanol–water partition coefficient (Wildman–Crippen LogP) is -0.659. The van der Waals surface area contributed by atoms with Crippen molar-refractivity contribution in [3.63, 3.8) is 0 Å². The van der Waals surface area contributed by atoms with Gasteiger partial charge in [-0.05, 0) is 36.3 Å². The smallest absolute Gasteiger partial charge is 0.338 e. The van der Waals surface area contributed by atoms with E-state index in [9.17, 15) is 35.1 Å². The fourth-order valence-electron chi connectivity index (χ4n) is 4.55. The van der Waals surface area contributed by atoms with Gasteiger partial charge in [0.1, 0.15) is 36.8 Å². The summed E-state index contributed by atoms with van der Waals surface area (Å²) in [4.78, 5) is 24.8. The van der Waals surface area contributed by atoms with Crippen LogP contribution in [0.2, 0.25) is 0 Å². The van der Waals surface area contributed by atoms with Crippen molar-refractivity contribution in [2.75, 3.05) is 20.3 Å². The molecule has 0 aromatic heterocycles. The van der Waals surface area contributed by atoms with Gasteiger partial charge in [-0.15, -0.1) is 0 Å². The predicted molar refractivity (Wildman–Crippen MR) is 118 cm³/mol. The van der Waals surface area contributed by atoms with Crippen LogP contribution in [0.15, 0.2) is 47.7 Å². The average molecular weight is 508 g/mol. The molecule has 8 unspecified atom stereocenters. The van der Waals surface area contributed by atoms with Crippen LogP contribution in [0.1, 0.15) is 16.8 Å². The molecule has 1 aromatic rings. The van der Waals surface area contributed by atoms with Crippen LogP contribution < -0.4 is 0 Å². The van der Waals surface area contributed by atoms with Gasteiger partial charge in [-0.1, -0.05) is 6.08 Å². The van der Waals surface area contributed by atoms with Gasteiger partial charge in [0.15, 0.2) is 6.29 Å². The summed E-state index contributed by atoms with van der Waals surface area (Å²) in [5, 5.41) is 49.3. The van der Waals surface area contributed by atoms with Crippen LogP contribution in [0.4, 0.5) is 0 Å². The zero-order valence-electron chi connectivity index (χ0n) is 19.3. The van der Waals surface area contributed by atoms with Crippen molar-refractivity contribution in [2.24, 2.45) is 11.8 Å². The number of hydrogen-bond donors (Lipinski definition) is 5. The second-order valence-corrected chi connectivity index (χ2v) is 8.67. The standard InChI is InChI=1S/C24H28O12/c1-32-22(31)15-10-34-23(36-24-20(29)19(28)18(27)16(8-25)35-24)17-12(4-7-14(15)17)9-33-21(30)11-2-5-13(26)6-3-11/h2-6,10,14,16-20,23-29H,7-9H2,1H3. The summed E-state index contributed by atoms with van der Waals surface area (Å²) in [5.41, 5.74) is 1.05. The number of hydrogen-bond acceptors (Lipinski definition) is 12. The molecule has 2 heterocycles. The van der Waals surface area contributed by atoms with Gasteiger partial charge in [0, 0.05) is 5.92 Å². The first-order valence-corrected chi connectivity index (χ1v) is 11.3. The van der Waals surface area contributed by atoms with Crippen LogP contribution in [-0.2, 0) is 28.5 Å². The van der Waals surface area contributed by atoms with Gasteiger partial charge in [-0.2, -0.15) is 0 Å². The van der Waals surface area contributed by atoms with Crippen molar-refractivity contribution in [2.45, 2.75) is 43.4 Å². The molecule has 12 nitrogen and oxygen atoms in total. The van der Waals surface area contributed by atoms with Gasteiger partial charge in [0.25, 0.3) is 0 Å². The zero-order chi connectivity index (χ0) is 26.0. The van der Waals surface area contributed by atoms with E-state index in [-0.39, 0.29) is 23.5 Å². The number of phenols is 1. The monoisotopic (exact) mass is 508 g/mol. The Bertz CT molecular complexity index is 1020. The van der Waals surface area contributed by atoms with Crippen molar-refractivity contribution < 1.29 is 58.8 Å². The van der Waals surface area contributed by atoms with Crippen LogP contribution in [0.5, 0.6) is 5.75 Å². The number of fused-ring (bicyclic) bond motifs is 1. The van der Waals surface area contributed by atoms with Gasteiger partial charge in [0.05, 0.1) is 37.0 Å². The van der Waals surface area contributed by atoms with E-state index < -0.39 is 67.4 Å². The summed E-state index contributed by atoms with van der Waals surface area (Å²) in [5.74, 6) is -2.34. The van der Waals surface area contributed by atoms with E-state index >= 15 is 0 Å². The van der Waals surface area contributed by atoms with Gasteiger partial charge in [-0.3, -0.25) is 0 Å². The number of carbonyl (C=O) groups excluding carboxylic acids is 2. The van der Waals surface area contributed by atoms with Gasteiger partial charge < -0.3 is 49.2 Å². The number of ether oxygens (including phenoxy) is 5. The topological polar surface area (TPSA) is 181 Å². The second-order valence-electron chi connectivity index (χ2n) is 8.67. The van der Waals surface area contributed by atoms with Crippen LogP contribution in [-0.4, -0.2) is 94.8 Å². The third-order valence-electron chi connectivity index (χ3n) is 6.53. The first-order chi connectivity index (χ1) is 17.2. The minimum absolute atomic E-state index is 0.00237. The molecular formula is C24H28O12. The lowest BCUT2D eigenvalue weighted by Crippen LogP contribution is -2.60. The summed E-state index contributed by atoms with van der Waals surface area (Å²) < 4.78 is 27.2. The quantitative estimate of drug-likeness (QED) is 0.232. The molecule has 1 saturated heterocycles. The van der Waals surface area contributed by atoms with E-state index in [2.05, 4.69) is 0 Å². The summed E-state index contributed by atoms with van der Waals surface area (Å²) in [7, 11) is 1.23. The Morgan fingerprint density at radius 2 is 1.75 bits per heavy atom. The molecule has 0 amide bonds. The molecule has 3 aliphatic rings. The lowest BCUT2D eigenvalue weighted by molar-refractivity contribution is -0.339. The number of phenolic OH excluding ortho intramolecular Hbond substituents is 1. The molecule has 0 saturated carbocycles. The van der Waals surface area contributed by atoms with Crippen LogP contribution >= 0.6 is 0 Å². The van der Waals surface area contributed by atoms with Crippen molar-refractivity contribution in [1.82, 2.24) is 0 Å². The minimum Gasteiger partial charge on any atom is -0.508 e. The Balaban J connectivity index is 1.52. The zero-order valence-corrected chi connectivity index (χ0v) is 19.3. The van der Waals surface area contributed by atoms with Crippen LogP contribution in [0.25, 0.3) is 0 Å². The Hall–Kier alpha value is -3.00. The Morgan fingerprint density at radius 3 is 2.42 bits per heavy atom. The van der Waals surface area contributed by atoms with E-state index in [4.69, 9.17) is 23.7 Å². The summed E-state index contributed by atoms with van der Waals surface area (Å²) in [6.45, 7) is -0.791. The molecule has 0 bridgehead atoms. The minimum atomic E-state index is -1.66. The maximum absolute atomic E-state index is 12.5. The fourth-order valence-corrected chi connectivity index (χ4v) is 4.55. The number of esters is 2. The lowest BCUT2D eigenvalue weighted by atomic mass is 9.83. The molecule has 0 spiro atoms. The van der Waals surface area contributed by atoms with Crippen LogP contribution in [0.3, 0.4) is 0 Å². The highest BCUT2D eigenvalue weighted by molar-refractivity contribution is 5.90. The van der Waals surface area contributed by atoms with E-state index in [1.807, 2.05) is 0 Å². The van der Waals surface area contributed by atoms with E-state index in [1.54, 1.807) is 6.08 Å². The van der Waals surface area contributed by atoms with E-state index in [0.29, 0.717) is 12.0 Å². The molecule has 12 heteroatoms. The molecule has 2 aliphatic heterocycles. The van der Waals surface area contributed by atoms with Crippen molar-refractivity contribution in [3.8, 4) is 5.75 Å². The summed E-state index contributed by atoms with van der Waals surface area (Å²) >= 11 is 0. The molecule has 1 aromatic carbocycles. The number of rotatable bonds is 7. The average Bonchev–Trinajstić information content (AvgIpc) is 3.32. The third kappa shape index (κ3) is 5.09. The molecule has 196 valence electrons. The SMILES string of the molecule is COC(=O)C1=COC(OC2OC(CO)C(O)C(O)C2O)C2C(COC(=O)c3ccc(O)cc3)=CCC12. The van der Waals surface area contributed by atoms with Crippen LogP contribution in [0, 0.1) is 11.8 Å². The number of carbonyl (C=O) groups is 2. The molecule has 0 radical (unpaired) electrons. The van der Waals surface area contributed by atoms with E-state index in [1.165, 1.54) is 37.6 Å². The van der Waals surface area contributed by atoms with Crippen molar-refractivity contribution in [3.05, 3.63) is 53.3 Å². The lowest BCUT2D eigenvalue weighted by Gasteiger charge is -2.42. The molecule has 36 heavy (non-hydrogen) atoms. The molecule has 5 N–H and O–H groups in total. The number of allylic oxidation sites excluding steroid dienone is 1. The fraction of sp³-hybridized carbons (Fsp3) is 0.500. The molecular weight excluding hydrogens is 480 g/mol. The van der Waals surface area contributed by atoms with E-state index in [0.717, 1.165) is 0 Å². The molecule has 1 aliphatic carbocycles. The summed E-state index contributed by atoms with van der Waals surface area (Å²) in [6.07, 6.45) is -5.28. The van der Waals surface area contributed by atoms with Gasteiger partial charge >= 0.3 is 11.9 Å².